The average Bonchev–Trinajstić information content (AvgIpc) is 3.22. The van der Waals surface area contributed by atoms with E-state index in [4.69, 9.17) is 4.74 Å². The van der Waals surface area contributed by atoms with Crippen molar-refractivity contribution in [3.05, 3.63) is 69.9 Å². The van der Waals surface area contributed by atoms with Crippen molar-refractivity contribution in [2.75, 3.05) is 5.32 Å². The Labute approximate surface area is 177 Å². The van der Waals surface area contributed by atoms with Gasteiger partial charge in [0.25, 0.3) is 11.8 Å². The third-order valence-electron chi connectivity index (χ3n) is 4.21. The summed E-state index contributed by atoms with van der Waals surface area (Å²) in [7, 11) is 0. The van der Waals surface area contributed by atoms with Crippen LogP contribution in [0.15, 0.2) is 48.5 Å². The van der Waals surface area contributed by atoms with Crippen LogP contribution in [0.2, 0.25) is 0 Å². The van der Waals surface area contributed by atoms with Gasteiger partial charge in [-0.2, -0.15) is 0 Å². The zero-order valence-corrected chi connectivity index (χ0v) is 17.3. The molecular formula is C21H21FN4O3S. The Kier molecular flexibility index (Phi) is 7.08. The second-order valence-electron chi connectivity index (χ2n) is 6.56. The van der Waals surface area contributed by atoms with Crippen molar-refractivity contribution in [3.63, 3.8) is 0 Å². The number of ether oxygens (including phenoxy) is 1. The Hall–Kier alpha value is -3.33. The third-order valence-corrected chi connectivity index (χ3v) is 5.11. The summed E-state index contributed by atoms with van der Waals surface area (Å²) in [4.78, 5) is 24.7. The Morgan fingerprint density at radius 2 is 1.90 bits per heavy atom. The summed E-state index contributed by atoms with van der Waals surface area (Å²) in [5.41, 5.74) is 0.940. The number of benzene rings is 2. The molecular weight excluding hydrogens is 407 g/mol. The molecule has 0 aliphatic carbocycles. The number of halogens is 1. The van der Waals surface area contributed by atoms with Gasteiger partial charge in [-0.05, 0) is 55.8 Å². The fourth-order valence-electron chi connectivity index (χ4n) is 2.41. The molecule has 2 aromatic carbocycles. The van der Waals surface area contributed by atoms with Crippen molar-refractivity contribution in [2.45, 2.75) is 32.9 Å². The molecule has 156 valence electrons. The highest BCUT2D eigenvalue weighted by Crippen LogP contribution is 2.18. The normalized spacial score (nSPS) is 11.6. The molecule has 0 bridgehead atoms. The van der Waals surface area contributed by atoms with Crippen LogP contribution in [0, 0.1) is 5.82 Å². The summed E-state index contributed by atoms with van der Waals surface area (Å²) < 4.78 is 18.4. The van der Waals surface area contributed by atoms with Crippen molar-refractivity contribution in [1.82, 2.24) is 15.5 Å². The first-order valence-electron chi connectivity index (χ1n) is 9.37. The molecule has 1 atom stereocenters. The molecule has 0 saturated heterocycles. The third kappa shape index (κ3) is 5.84. The van der Waals surface area contributed by atoms with Gasteiger partial charge in [0.15, 0.2) is 5.01 Å². The Bertz CT molecular complexity index is 1020. The molecule has 9 heteroatoms. The van der Waals surface area contributed by atoms with Gasteiger partial charge in [0.2, 0.25) is 5.01 Å². The van der Waals surface area contributed by atoms with Gasteiger partial charge in [-0.1, -0.05) is 24.3 Å². The molecule has 3 aromatic rings. The van der Waals surface area contributed by atoms with Crippen LogP contribution in [0.3, 0.4) is 0 Å². The van der Waals surface area contributed by atoms with E-state index in [1.165, 1.54) is 24.3 Å². The van der Waals surface area contributed by atoms with E-state index in [9.17, 15) is 14.0 Å². The maximum Gasteiger partial charge on any atom is 0.286 e. The van der Waals surface area contributed by atoms with Crippen molar-refractivity contribution < 1.29 is 18.7 Å². The molecule has 2 amide bonds. The minimum atomic E-state index is -0.431. The van der Waals surface area contributed by atoms with Crippen molar-refractivity contribution in [1.29, 1.82) is 0 Å². The molecule has 7 nitrogen and oxygen atoms in total. The van der Waals surface area contributed by atoms with Gasteiger partial charge in [-0.15, -0.1) is 10.2 Å². The van der Waals surface area contributed by atoms with Gasteiger partial charge in [0.05, 0.1) is 0 Å². The molecule has 0 radical (unpaired) electrons. The van der Waals surface area contributed by atoms with Crippen LogP contribution in [0.4, 0.5) is 10.1 Å². The lowest BCUT2D eigenvalue weighted by atomic mass is 10.1. The Morgan fingerprint density at radius 3 is 2.63 bits per heavy atom. The van der Waals surface area contributed by atoms with Crippen molar-refractivity contribution >= 4 is 28.8 Å². The largest absolute Gasteiger partial charge is 0.486 e. The van der Waals surface area contributed by atoms with Crippen molar-refractivity contribution in [2.24, 2.45) is 0 Å². The molecule has 0 aliphatic rings. The number of rotatable bonds is 8. The lowest BCUT2D eigenvalue weighted by Crippen LogP contribution is -2.31. The topological polar surface area (TPSA) is 93.2 Å². The first-order valence-corrected chi connectivity index (χ1v) is 10.2. The standard InChI is InChI=1S/C21H21FN4O3S/c1-3-13(2)23-19(27)14-5-4-6-16(11-14)24-20(28)21-26-25-18(30-21)12-29-17-9-7-15(22)8-10-17/h4-11,13H,3,12H2,1-2H3,(H,23,27)(H,24,28)/t13-/m0/s1. The molecule has 3 rings (SSSR count). The lowest BCUT2D eigenvalue weighted by molar-refractivity contribution is 0.0938. The summed E-state index contributed by atoms with van der Waals surface area (Å²) in [5, 5.41) is 14.1. The second-order valence-corrected chi connectivity index (χ2v) is 7.62. The molecule has 0 unspecified atom stereocenters. The van der Waals surface area contributed by atoms with E-state index in [1.807, 2.05) is 13.8 Å². The number of carbonyl (C=O) groups is 2. The quantitative estimate of drug-likeness (QED) is 0.565. The predicted molar refractivity (Wildman–Crippen MR) is 112 cm³/mol. The second kappa shape index (κ2) is 9.93. The number of hydrogen-bond donors (Lipinski definition) is 2. The molecule has 2 N–H and O–H groups in total. The number of carbonyl (C=O) groups excluding carboxylic acids is 2. The Morgan fingerprint density at radius 1 is 1.13 bits per heavy atom. The maximum atomic E-state index is 12.9. The van der Waals surface area contributed by atoms with E-state index >= 15 is 0 Å². The van der Waals surface area contributed by atoms with Crippen LogP contribution >= 0.6 is 11.3 Å². The number of nitrogens with zero attached hydrogens (tertiary/aromatic N) is 2. The molecule has 0 saturated carbocycles. The molecule has 30 heavy (non-hydrogen) atoms. The summed E-state index contributed by atoms with van der Waals surface area (Å²) in [6.07, 6.45) is 0.826. The number of amides is 2. The van der Waals surface area contributed by atoms with Crippen LogP contribution in [-0.2, 0) is 6.61 Å². The van der Waals surface area contributed by atoms with E-state index in [2.05, 4.69) is 20.8 Å². The smallest absolute Gasteiger partial charge is 0.286 e. The molecule has 1 aromatic heterocycles. The fourth-order valence-corrected chi connectivity index (χ4v) is 3.06. The summed E-state index contributed by atoms with van der Waals surface area (Å²) in [6, 6.07) is 12.4. The number of hydrogen-bond acceptors (Lipinski definition) is 6. The van der Waals surface area contributed by atoms with Gasteiger partial charge in [-0.3, -0.25) is 9.59 Å². The predicted octanol–water partition coefficient (Wildman–Crippen LogP) is 4.04. The van der Waals surface area contributed by atoms with Gasteiger partial charge >= 0.3 is 0 Å². The van der Waals surface area contributed by atoms with Crippen LogP contribution < -0.4 is 15.4 Å². The number of aromatic nitrogens is 2. The van der Waals surface area contributed by atoms with Crippen molar-refractivity contribution in [3.8, 4) is 5.75 Å². The zero-order valence-electron chi connectivity index (χ0n) is 16.5. The average molecular weight is 428 g/mol. The monoisotopic (exact) mass is 428 g/mol. The van der Waals surface area contributed by atoms with Crippen LogP contribution in [0.1, 0.15) is 45.4 Å². The summed E-state index contributed by atoms with van der Waals surface area (Å²) in [6.45, 7) is 4.03. The van der Waals surface area contributed by atoms with Crippen LogP contribution in [-0.4, -0.2) is 28.1 Å². The minimum absolute atomic E-state index is 0.0627. The minimum Gasteiger partial charge on any atom is -0.486 e. The zero-order chi connectivity index (χ0) is 21.5. The van der Waals surface area contributed by atoms with Gasteiger partial charge in [0.1, 0.15) is 18.2 Å². The SMILES string of the molecule is CC[C@H](C)NC(=O)c1cccc(NC(=O)c2nnc(COc3ccc(F)cc3)s2)c1. The first kappa shape index (κ1) is 21.4. The number of nitrogens with one attached hydrogen (secondary N) is 2. The fraction of sp³-hybridized carbons (Fsp3) is 0.238. The van der Waals surface area contributed by atoms with E-state index in [1.54, 1.807) is 24.3 Å². The molecule has 1 heterocycles. The van der Waals surface area contributed by atoms with E-state index in [-0.39, 0.29) is 29.4 Å². The molecule has 0 aliphatic heterocycles. The van der Waals surface area contributed by atoms with E-state index < -0.39 is 5.91 Å². The van der Waals surface area contributed by atoms with Gasteiger partial charge in [0, 0.05) is 17.3 Å². The van der Waals surface area contributed by atoms with Gasteiger partial charge < -0.3 is 15.4 Å². The maximum absolute atomic E-state index is 12.9. The molecule has 0 fully saturated rings. The molecule has 0 spiro atoms. The van der Waals surface area contributed by atoms with E-state index in [0.29, 0.717) is 22.0 Å². The summed E-state index contributed by atoms with van der Waals surface area (Å²) >= 11 is 1.09. The summed E-state index contributed by atoms with van der Waals surface area (Å²) in [5.74, 6) is -0.486. The van der Waals surface area contributed by atoms with Crippen LogP contribution in [0.25, 0.3) is 0 Å². The highest BCUT2D eigenvalue weighted by molar-refractivity contribution is 7.13. The number of anilines is 1. The highest BCUT2D eigenvalue weighted by atomic mass is 32.1. The Balaban J connectivity index is 1.59. The van der Waals surface area contributed by atoms with E-state index in [0.717, 1.165) is 17.8 Å². The highest BCUT2D eigenvalue weighted by Gasteiger charge is 2.15. The van der Waals surface area contributed by atoms with Crippen LogP contribution in [0.5, 0.6) is 5.75 Å². The van der Waals surface area contributed by atoms with Gasteiger partial charge in [-0.25, -0.2) is 4.39 Å². The first-order chi connectivity index (χ1) is 14.4. The lowest BCUT2D eigenvalue weighted by Gasteiger charge is -2.12.